The highest BCUT2D eigenvalue weighted by Gasteiger charge is 2.23. The monoisotopic (exact) mass is 279 g/mol. The molecule has 1 saturated heterocycles. The summed E-state index contributed by atoms with van der Waals surface area (Å²) in [7, 11) is 0. The van der Waals surface area contributed by atoms with E-state index in [1.165, 1.54) is 11.1 Å². The fraction of sp³-hybridized carbons (Fsp3) is 0.222. The standard InChI is InChI=1S/C18H17NO2/c1-2-5-14(6-3-1)12-21-18-8-4-7-17-16(18)9-10-19(17)11-15-13-20-15/h1-10,15H,11-13H2. The van der Waals surface area contributed by atoms with E-state index in [4.69, 9.17) is 9.47 Å². The highest BCUT2D eigenvalue weighted by Crippen LogP contribution is 2.28. The Labute approximate surface area is 123 Å². The number of hydrogen-bond donors (Lipinski definition) is 0. The summed E-state index contributed by atoms with van der Waals surface area (Å²) in [6, 6.07) is 18.6. The van der Waals surface area contributed by atoms with Crippen molar-refractivity contribution < 1.29 is 9.47 Å². The second kappa shape index (κ2) is 5.26. The van der Waals surface area contributed by atoms with E-state index < -0.39 is 0 Å². The van der Waals surface area contributed by atoms with Crippen LogP contribution < -0.4 is 4.74 Å². The number of nitrogens with zero attached hydrogens (tertiary/aromatic N) is 1. The van der Waals surface area contributed by atoms with Gasteiger partial charge in [-0.3, -0.25) is 0 Å². The fourth-order valence-corrected chi connectivity index (χ4v) is 2.61. The van der Waals surface area contributed by atoms with Crippen LogP contribution in [0.3, 0.4) is 0 Å². The fourth-order valence-electron chi connectivity index (χ4n) is 2.61. The average Bonchev–Trinajstić information content (AvgIpc) is 3.26. The Balaban J connectivity index is 1.58. The predicted molar refractivity (Wildman–Crippen MR) is 82.5 cm³/mol. The van der Waals surface area contributed by atoms with Crippen molar-refractivity contribution >= 4 is 10.9 Å². The maximum Gasteiger partial charge on any atom is 0.129 e. The van der Waals surface area contributed by atoms with Crippen molar-refractivity contribution in [3.05, 3.63) is 66.4 Å². The molecule has 0 aliphatic carbocycles. The molecule has 1 atom stereocenters. The van der Waals surface area contributed by atoms with E-state index in [0.717, 1.165) is 24.3 Å². The molecule has 1 aliphatic heterocycles. The van der Waals surface area contributed by atoms with Gasteiger partial charge in [0.2, 0.25) is 0 Å². The van der Waals surface area contributed by atoms with Gasteiger partial charge >= 0.3 is 0 Å². The van der Waals surface area contributed by atoms with Crippen molar-refractivity contribution in [1.82, 2.24) is 4.57 Å². The summed E-state index contributed by atoms with van der Waals surface area (Å²) in [6.07, 6.45) is 2.50. The molecule has 3 heteroatoms. The third kappa shape index (κ3) is 2.65. The quantitative estimate of drug-likeness (QED) is 0.667. The summed E-state index contributed by atoms with van der Waals surface area (Å²) < 4.78 is 13.5. The lowest BCUT2D eigenvalue weighted by molar-refractivity contribution is 0.310. The highest BCUT2D eigenvalue weighted by atomic mass is 16.6. The third-order valence-electron chi connectivity index (χ3n) is 3.81. The number of ether oxygens (including phenoxy) is 2. The number of rotatable bonds is 5. The van der Waals surface area contributed by atoms with Crippen molar-refractivity contribution in [1.29, 1.82) is 0 Å². The molecule has 0 N–H and O–H groups in total. The normalized spacial score (nSPS) is 17.0. The van der Waals surface area contributed by atoms with Gasteiger partial charge in [0.1, 0.15) is 12.4 Å². The second-order valence-corrected chi connectivity index (χ2v) is 5.39. The number of hydrogen-bond acceptors (Lipinski definition) is 2. The van der Waals surface area contributed by atoms with Gasteiger partial charge in [0.15, 0.2) is 0 Å². The lowest BCUT2D eigenvalue weighted by Gasteiger charge is -2.08. The van der Waals surface area contributed by atoms with Gasteiger partial charge in [-0.15, -0.1) is 0 Å². The van der Waals surface area contributed by atoms with E-state index in [-0.39, 0.29) is 0 Å². The van der Waals surface area contributed by atoms with Crippen molar-refractivity contribution in [3.8, 4) is 5.75 Å². The zero-order chi connectivity index (χ0) is 14.1. The van der Waals surface area contributed by atoms with E-state index in [0.29, 0.717) is 12.7 Å². The maximum absolute atomic E-state index is 5.99. The van der Waals surface area contributed by atoms with Crippen molar-refractivity contribution in [2.45, 2.75) is 19.3 Å². The molecular formula is C18H17NO2. The Morgan fingerprint density at radius 3 is 2.71 bits per heavy atom. The van der Waals surface area contributed by atoms with Gasteiger partial charge in [-0.05, 0) is 23.8 Å². The molecule has 0 bridgehead atoms. The molecule has 2 heterocycles. The van der Waals surface area contributed by atoms with Crippen LogP contribution in [0.2, 0.25) is 0 Å². The molecule has 1 fully saturated rings. The lowest BCUT2D eigenvalue weighted by atomic mass is 10.2. The third-order valence-corrected chi connectivity index (χ3v) is 3.81. The first-order valence-electron chi connectivity index (χ1n) is 7.26. The van der Waals surface area contributed by atoms with Crippen LogP contribution in [-0.2, 0) is 17.9 Å². The highest BCUT2D eigenvalue weighted by molar-refractivity contribution is 5.86. The van der Waals surface area contributed by atoms with Gasteiger partial charge in [0.25, 0.3) is 0 Å². The Hall–Kier alpha value is -2.26. The van der Waals surface area contributed by atoms with Crippen LogP contribution in [0, 0.1) is 0 Å². The van der Waals surface area contributed by atoms with Crippen LogP contribution in [0.15, 0.2) is 60.8 Å². The lowest BCUT2D eigenvalue weighted by Crippen LogP contribution is -2.02. The molecule has 106 valence electrons. The Bertz CT molecular complexity index is 744. The molecule has 0 saturated carbocycles. The van der Waals surface area contributed by atoms with Gasteiger partial charge < -0.3 is 14.0 Å². The zero-order valence-corrected chi connectivity index (χ0v) is 11.7. The molecule has 0 amide bonds. The average molecular weight is 279 g/mol. The molecule has 2 aromatic carbocycles. The molecule has 1 aliphatic rings. The van der Waals surface area contributed by atoms with E-state index in [2.05, 4.69) is 35.0 Å². The number of aromatic nitrogens is 1. The Morgan fingerprint density at radius 1 is 1.05 bits per heavy atom. The molecule has 4 rings (SSSR count). The van der Waals surface area contributed by atoms with Crippen LogP contribution >= 0.6 is 0 Å². The van der Waals surface area contributed by atoms with Gasteiger partial charge in [-0.2, -0.15) is 0 Å². The summed E-state index contributed by atoms with van der Waals surface area (Å²) in [5.41, 5.74) is 2.39. The minimum atomic E-state index is 0.384. The predicted octanol–water partition coefficient (Wildman–Crippen LogP) is 3.62. The molecular weight excluding hydrogens is 262 g/mol. The van der Waals surface area contributed by atoms with Crippen LogP contribution in [0.25, 0.3) is 10.9 Å². The summed E-state index contributed by atoms with van der Waals surface area (Å²) in [5.74, 6) is 0.937. The van der Waals surface area contributed by atoms with Gasteiger partial charge in [0.05, 0.1) is 24.8 Å². The molecule has 3 nitrogen and oxygen atoms in total. The van der Waals surface area contributed by atoms with E-state index in [1.54, 1.807) is 0 Å². The van der Waals surface area contributed by atoms with Gasteiger partial charge in [0, 0.05) is 11.6 Å². The van der Waals surface area contributed by atoms with Crippen molar-refractivity contribution in [2.75, 3.05) is 6.61 Å². The number of fused-ring (bicyclic) bond motifs is 1. The minimum Gasteiger partial charge on any atom is -0.488 e. The largest absolute Gasteiger partial charge is 0.488 e. The minimum absolute atomic E-state index is 0.384. The summed E-state index contributed by atoms with van der Waals surface area (Å²) in [5, 5.41) is 1.16. The first-order chi connectivity index (χ1) is 10.4. The van der Waals surface area contributed by atoms with Crippen LogP contribution in [0.5, 0.6) is 5.75 Å². The smallest absolute Gasteiger partial charge is 0.129 e. The van der Waals surface area contributed by atoms with Crippen LogP contribution in [0.4, 0.5) is 0 Å². The van der Waals surface area contributed by atoms with Gasteiger partial charge in [-0.25, -0.2) is 0 Å². The maximum atomic E-state index is 5.99. The van der Waals surface area contributed by atoms with E-state index in [1.807, 2.05) is 30.3 Å². The topological polar surface area (TPSA) is 26.7 Å². The van der Waals surface area contributed by atoms with Crippen molar-refractivity contribution in [2.24, 2.45) is 0 Å². The van der Waals surface area contributed by atoms with Crippen molar-refractivity contribution in [3.63, 3.8) is 0 Å². The Kier molecular flexibility index (Phi) is 3.13. The van der Waals surface area contributed by atoms with E-state index >= 15 is 0 Å². The SMILES string of the molecule is c1ccc(COc2cccc3c2ccn3CC2CO2)cc1. The van der Waals surface area contributed by atoms with E-state index in [9.17, 15) is 0 Å². The van der Waals surface area contributed by atoms with Gasteiger partial charge in [-0.1, -0.05) is 36.4 Å². The van der Waals surface area contributed by atoms with Crippen LogP contribution in [-0.4, -0.2) is 17.3 Å². The summed E-state index contributed by atoms with van der Waals surface area (Å²) in [6.45, 7) is 2.40. The Morgan fingerprint density at radius 2 is 1.90 bits per heavy atom. The molecule has 0 spiro atoms. The molecule has 1 unspecified atom stereocenters. The van der Waals surface area contributed by atoms with Crippen LogP contribution in [0.1, 0.15) is 5.56 Å². The zero-order valence-electron chi connectivity index (χ0n) is 11.7. The summed E-state index contributed by atoms with van der Waals surface area (Å²) in [4.78, 5) is 0. The molecule has 0 radical (unpaired) electrons. The number of benzene rings is 2. The second-order valence-electron chi connectivity index (χ2n) is 5.39. The summed E-state index contributed by atoms with van der Waals surface area (Å²) >= 11 is 0. The first-order valence-corrected chi connectivity index (χ1v) is 7.26. The number of epoxide rings is 1. The first kappa shape index (κ1) is 12.5. The molecule has 3 aromatic rings. The molecule has 1 aromatic heterocycles. The molecule has 21 heavy (non-hydrogen) atoms.